The lowest BCUT2D eigenvalue weighted by Crippen LogP contribution is -2.43. The van der Waals surface area contributed by atoms with E-state index in [1.165, 1.54) is 12.3 Å². The highest BCUT2D eigenvalue weighted by molar-refractivity contribution is 7.10. The number of carbonyl (C=O) groups is 1. The highest BCUT2D eigenvalue weighted by Gasteiger charge is 2.24. The summed E-state index contributed by atoms with van der Waals surface area (Å²) >= 11 is 1.14. The summed E-state index contributed by atoms with van der Waals surface area (Å²) < 4.78 is 22.8. The molecule has 3 rings (SSSR count). The Morgan fingerprint density at radius 1 is 1.48 bits per heavy atom. The van der Waals surface area contributed by atoms with Gasteiger partial charge in [0.1, 0.15) is 5.00 Å². The average Bonchev–Trinajstić information content (AvgIpc) is 3.07. The molecule has 0 spiro atoms. The van der Waals surface area contributed by atoms with Gasteiger partial charge in [-0.3, -0.25) is 5.32 Å². The molecule has 1 aromatic carbocycles. The number of ether oxygens (including phenoxy) is 1. The van der Waals surface area contributed by atoms with Crippen LogP contribution >= 0.6 is 11.5 Å². The van der Waals surface area contributed by atoms with Gasteiger partial charge in [-0.1, -0.05) is 16.6 Å². The lowest BCUT2D eigenvalue weighted by Gasteiger charge is -2.32. The Morgan fingerprint density at radius 3 is 3.13 bits per heavy atom. The summed E-state index contributed by atoms with van der Waals surface area (Å²) in [7, 11) is 0. The van der Waals surface area contributed by atoms with E-state index in [2.05, 4.69) is 14.9 Å². The molecule has 23 heavy (non-hydrogen) atoms. The molecule has 1 aliphatic heterocycles. The van der Waals surface area contributed by atoms with Crippen molar-refractivity contribution < 1.29 is 13.9 Å². The summed E-state index contributed by atoms with van der Waals surface area (Å²) in [5, 5.41) is 7.09. The summed E-state index contributed by atoms with van der Waals surface area (Å²) in [6.45, 7) is 1.69. The van der Waals surface area contributed by atoms with E-state index in [0.29, 0.717) is 24.7 Å². The molecule has 122 valence electrons. The lowest BCUT2D eigenvalue weighted by atomic mass is 9.99. The number of urea groups is 1. The van der Waals surface area contributed by atoms with Gasteiger partial charge in [0, 0.05) is 30.5 Å². The van der Waals surface area contributed by atoms with Crippen molar-refractivity contribution in [1.29, 1.82) is 0 Å². The summed E-state index contributed by atoms with van der Waals surface area (Å²) in [6, 6.07) is 6.19. The first-order valence-electron chi connectivity index (χ1n) is 7.43. The Balaban J connectivity index is 1.52. The molecule has 2 aromatic rings. The summed E-state index contributed by atoms with van der Waals surface area (Å²) in [5.74, 6) is 0.0779. The van der Waals surface area contributed by atoms with E-state index in [1.54, 1.807) is 23.1 Å². The zero-order valence-corrected chi connectivity index (χ0v) is 13.3. The van der Waals surface area contributed by atoms with Crippen LogP contribution in [0.2, 0.25) is 0 Å². The average molecular weight is 336 g/mol. The highest BCUT2D eigenvalue weighted by Crippen LogP contribution is 2.21. The van der Waals surface area contributed by atoms with Crippen LogP contribution < -0.4 is 10.1 Å². The fraction of sp³-hybridized carbons (Fsp3) is 0.400. The van der Waals surface area contributed by atoms with Crippen LogP contribution in [0.5, 0.6) is 5.75 Å². The number of amides is 2. The number of nitrogens with one attached hydrogen (secondary N) is 1. The Bertz CT molecular complexity index is 653. The number of hydrogen-bond acceptors (Lipinski definition) is 5. The second kappa shape index (κ2) is 7.36. The number of piperidine rings is 1. The molecule has 0 aliphatic carbocycles. The van der Waals surface area contributed by atoms with E-state index in [0.717, 1.165) is 24.4 Å². The van der Waals surface area contributed by atoms with Gasteiger partial charge in [-0.15, -0.1) is 5.10 Å². The maximum atomic E-state index is 13.6. The van der Waals surface area contributed by atoms with Crippen LogP contribution in [0.4, 0.5) is 14.2 Å². The Labute approximate surface area is 137 Å². The van der Waals surface area contributed by atoms with Crippen LogP contribution in [0.3, 0.4) is 0 Å². The molecule has 0 saturated carbocycles. The third-order valence-electron chi connectivity index (χ3n) is 3.71. The van der Waals surface area contributed by atoms with Crippen molar-refractivity contribution >= 4 is 22.6 Å². The topological polar surface area (TPSA) is 67.4 Å². The minimum atomic E-state index is -0.365. The van der Waals surface area contributed by atoms with Gasteiger partial charge in [-0.05, 0) is 25.0 Å². The molecule has 2 heterocycles. The van der Waals surface area contributed by atoms with Gasteiger partial charge < -0.3 is 9.64 Å². The fourth-order valence-corrected chi connectivity index (χ4v) is 2.97. The minimum Gasteiger partial charge on any atom is -0.490 e. The molecule has 6 nitrogen and oxygen atoms in total. The number of likely N-dealkylation sites (tertiary alicyclic amines) is 1. The van der Waals surface area contributed by atoms with E-state index in [4.69, 9.17) is 4.74 Å². The second-order valence-electron chi connectivity index (χ2n) is 5.41. The van der Waals surface area contributed by atoms with E-state index in [1.807, 2.05) is 0 Å². The highest BCUT2D eigenvalue weighted by atomic mass is 32.1. The summed E-state index contributed by atoms with van der Waals surface area (Å²) in [5.41, 5.74) is 0. The molecule has 1 aromatic heterocycles. The number of aromatic nitrogens is 2. The lowest BCUT2D eigenvalue weighted by molar-refractivity contribution is 0.143. The summed E-state index contributed by atoms with van der Waals surface area (Å²) in [6.07, 6.45) is 3.38. The first-order valence-corrected chi connectivity index (χ1v) is 8.20. The standard InChI is InChI=1S/C15H17FN4O2S/c16-12-5-1-2-6-13(12)22-10-11-4-3-7-20(9-11)15(21)18-14-8-17-19-23-14/h1-2,5-6,8,11H,3-4,7,9-10H2,(H,18,21)/t11-/m0/s1. The van der Waals surface area contributed by atoms with Crippen molar-refractivity contribution in [2.45, 2.75) is 12.8 Å². The first kappa shape index (κ1) is 15.7. The molecule has 0 bridgehead atoms. The van der Waals surface area contributed by atoms with Crippen LogP contribution in [0.15, 0.2) is 30.5 Å². The van der Waals surface area contributed by atoms with Crippen LogP contribution in [0, 0.1) is 11.7 Å². The van der Waals surface area contributed by atoms with Gasteiger partial charge in [0.15, 0.2) is 11.6 Å². The molecule has 8 heteroatoms. The molecule has 1 N–H and O–H groups in total. The molecular formula is C15H17FN4O2S. The number of carbonyl (C=O) groups excluding carboxylic acids is 1. The second-order valence-corrected chi connectivity index (χ2v) is 6.19. The number of nitrogens with zero attached hydrogens (tertiary/aromatic N) is 3. The molecule has 1 atom stereocenters. The third-order valence-corrected chi connectivity index (χ3v) is 4.29. The largest absolute Gasteiger partial charge is 0.490 e. The van der Waals surface area contributed by atoms with Crippen molar-refractivity contribution in [3.8, 4) is 5.75 Å². The number of anilines is 1. The zero-order valence-electron chi connectivity index (χ0n) is 12.4. The molecule has 1 fully saturated rings. The molecule has 1 saturated heterocycles. The van der Waals surface area contributed by atoms with E-state index >= 15 is 0 Å². The van der Waals surface area contributed by atoms with Crippen LogP contribution in [-0.2, 0) is 0 Å². The zero-order chi connectivity index (χ0) is 16.1. The van der Waals surface area contributed by atoms with E-state index in [9.17, 15) is 9.18 Å². The SMILES string of the molecule is O=C(Nc1cnns1)N1CCC[C@H](COc2ccccc2F)C1. The van der Waals surface area contributed by atoms with Gasteiger partial charge >= 0.3 is 6.03 Å². The maximum absolute atomic E-state index is 13.6. The van der Waals surface area contributed by atoms with Crippen molar-refractivity contribution in [1.82, 2.24) is 14.5 Å². The Hall–Kier alpha value is -2.22. The van der Waals surface area contributed by atoms with Gasteiger partial charge in [-0.25, -0.2) is 9.18 Å². The molecule has 0 unspecified atom stereocenters. The van der Waals surface area contributed by atoms with Crippen molar-refractivity contribution in [2.75, 3.05) is 25.0 Å². The van der Waals surface area contributed by atoms with E-state index in [-0.39, 0.29) is 23.5 Å². The van der Waals surface area contributed by atoms with Crippen LogP contribution in [0.25, 0.3) is 0 Å². The predicted octanol–water partition coefficient (Wildman–Crippen LogP) is 3.00. The van der Waals surface area contributed by atoms with Crippen molar-refractivity contribution in [3.05, 3.63) is 36.3 Å². The predicted molar refractivity (Wildman–Crippen MR) is 85.1 cm³/mol. The Morgan fingerprint density at radius 2 is 2.35 bits per heavy atom. The van der Waals surface area contributed by atoms with Gasteiger partial charge in [0.2, 0.25) is 0 Å². The smallest absolute Gasteiger partial charge is 0.322 e. The third kappa shape index (κ3) is 4.16. The van der Waals surface area contributed by atoms with Gasteiger partial charge in [0.25, 0.3) is 0 Å². The number of hydrogen-bond donors (Lipinski definition) is 1. The van der Waals surface area contributed by atoms with Crippen LogP contribution in [-0.4, -0.2) is 40.2 Å². The van der Waals surface area contributed by atoms with Gasteiger partial charge in [0.05, 0.1) is 12.8 Å². The van der Waals surface area contributed by atoms with Crippen molar-refractivity contribution in [2.24, 2.45) is 5.92 Å². The number of benzene rings is 1. The number of rotatable bonds is 4. The normalized spacial score (nSPS) is 17.8. The van der Waals surface area contributed by atoms with Gasteiger partial charge in [-0.2, -0.15) is 0 Å². The quantitative estimate of drug-likeness (QED) is 0.932. The monoisotopic (exact) mass is 336 g/mol. The number of para-hydroxylation sites is 1. The van der Waals surface area contributed by atoms with Crippen LogP contribution in [0.1, 0.15) is 12.8 Å². The molecule has 1 aliphatic rings. The minimum absolute atomic E-state index is 0.161. The summed E-state index contributed by atoms with van der Waals surface area (Å²) in [4.78, 5) is 14.0. The fourth-order valence-electron chi connectivity index (χ4n) is 2.56. The Kier molecular flexibility index (Phi) is 5.02. The first-order chi connectivity index (χ1) is 11.2. The van der Waals surface area contributed by atoms with Crippen molar-refractivity contribution in [3.63, 3.8) is 0 Å². The number of halogens is 1. The molecular weight excluding hydrogens is 319 g/mol. The maximum Gasteiger partial charge on any atom is 0.322 e. The molecule has 0 radical (unpaired) electrons. The van der Waals surface area contributed by atoms with E-state index < -0.39 is 0 Å². The molecule has 2 amide bonds.